The van der Waals surface area contributed by atoms with E-state index in [9.17, 15) is 0 Å². The second kappa shape index (κ2) is 15.0. The molecule has 5 unspecified atom stereocenters. The second-order valence-electron chi connectivity index (χ2n) is 6.00. The van der Waals surface area contributed by atoms with Gasteiger partial charge in [0.15, 0.2) is 0 Å². The van der Waals surface area contributed by atoms with Gasteiger partial charge < -0.3 is 9.05 Å². The predicted molar refractivity (Wildman–Crippen MR) is 119 cm³/mol. The van der Waals surface area contributed by atoms with Gasteiger partial charge in [-0.2, -0.15) is 0 Å². The number of rotatable bonds is 13. The van der Waals surface area contributed by atoms with Crippen molar-refractivity contribution in [2.75, 3.05) is 0 Å². The summed E-state index contributed by atoms with van der Waals surface area (Å²) in [6.45, 7) is 4.38. The molecule has 0 aliphatic carbocycles. The van der Waals surface area contributed by atoms with E-state index in [-0.39, 0.29) is 12.2 Å². The van der Waals surface area contributed by atoms with E-state index in [2.05, 4.69) is 80.8 Å². The third-order valence-corrected chi connectivity index (χ3v) is 5.33. The Labute approximate surface area is 160 Å². The van der Waals surface area contributed by atoms with Gasteiger partial charge in [-0.3, -0.25) is 0 Å². The van der Waals surface area contributed by atoms with E-state index in [1.807, 2.05) is 0 Å². The number of aryl methyl sites for hydroxylation is 1. The van der Waals surface area contributed by atoms with Gasteiger partial charge in [-0.05, 0) is 36.8 Å². The Hall–Kier alpha value is -0.0900. The number of hydrogen-bond acceptors (Lipinski definition) is 2. The summed E-state index contributed by atoms with van der Waals surface area (Å²) in [5, 5.41) is 0. The van der Waals surface area contributed by atoms with Gasteiger partial charge in [-0.15, -0.1) is 0 Å². The highest BCUT2D eigenvalue weighted by atomic mass is 32.0. The molecule has 2 nitrogen and oxygen atoms in total. The molecule has 0 aromatic heterocycles. The average molecular weight is 398 g/mol. The van der Waals surface area contributed by atoms with Crippen LogP contribution in [-0.2, 0) is 15.5 Å². The predicted octanol–water partition coefficient (Wildman–Crippen LogP) is 6.95. The standard InChI is InChI=1S/C20H33O2P3/c1-3-5-14-18(21-23)15-9-7-6-8-12-17-13-10-11-16-19(17)20(4-2)22-25-24/h6-7,9-11,13,15-16,18,20,25H,3-5,8,12,14,23-24H2,1-2H3. The van der Waals surface area contributed by atoms with Crippen LogP contribution >= 0.6 is 26.9 Å². The van der Waals surface area contributed by atoms with Crippen molar-refractivity contribution in [3.8, 4) is 0 Å². The van der Waals surface area contributed by atoms with Gasteiger partial charge in [0.1, 0.15) is 0 Å². The molecule has 0 bridgehead atoms. The molecule has 1 rings (SSSR count). The molecule has 5 atom stereocenters. The first-order chi connectivity index (χ1) is 12.3. The zero-order valence-corrected chi connectivity index (χ0v) is 18.8. The lowest BCUT2D eigenvalue weighted by Crippen LogP contribution is -2.02. The molecule has 140 valence electrons. The molecule has 0 saturated heterocycles. The molecule has 0 saturated carbocycles. The van der Waals surface area contributed by atoms with E-state index in [0.717, 1.165) is 25.7 Å². The van der Waals surface area contributed by atoms with Crippen molar-refractivity contribution in [2.24, 2.45) is 0 Å². The zero-order valence-electron chi connectivity index (χ0n) is 15.5. The molecule has 1 aromatic rings. The van der Waals surface area contributed by atoms with Crippen molar-refractivity contribution in [3.05, 3.63) is 59.7 Å². The van der Waals surface area contributed by atoms with E-state index in [1.54, 1.807) is 0 Å². The largest absolute Gasteiger partial charge is 0.358 e. The van der Waals surface area contributed by atoms with Crippen molar-refractivity contribution >= 4 is 26.9 Å². The first-order valence-electron chi connectivity index (χ1n) is 9.14. The highest BCUT2D eigenvalue weighted by Gasteiger charge is 2.12. The smallest absolute Gasteiger partial charge is 0.0868 e. The maximum absolute atomic E-state index is 5.88. The van der Waals surface area contributed by atoms with Gasteiger partial charge in [0, 0.05) is 18.0 Å². The fourth-order valence-electron chi connectivity index (χ4n) is 2.74. The average Bonchev–Trinajstić information content (AvgIpc) is 2.65. The van der Waals surface area contributed by atoms with E-state index in [1.165, 1.54) is 24.0 Å². The lowest BCUT2D eigenvalue weighted by molar-refractivity contribution is 0.237. The van der Waals surface area contributed by atoms with Crippen molar-refractivity contribution < 1.29 is 9.05 Å². The van der Waals surface area contributed by atoms with E-state index < -0.39 is 0 Å². The summed E-state index contributed by atoms with van der Waals surface area (Å²) < 4.78 is 11.3. The minimum atomic E-state index is 0.200. The molecule has 0 aliphatic rings. The van der Waals surface area contributed by atoms with Gasteiger partial charge in [-0.25, -0.2) is 0 Å². The summed E-state index contributed by atoms with van der Waals surface area (Å²) in [6.07, 6.45) is 15.5. The fourth-order valence-corrected chi connectivity index (χ4v) is 3.92. The highest BCUT2D eigenvalue weighted by Crippen LogP contribution is 2.35. The summed E-state index contributed by atoms with van der Waals surface area (Å²) in [4.78, 5) is 0. The quantitative estimate of drug-likeness (QED) is 0.264. The van der Waals surface area contributed by atoms with Gasteiger partial charge in [-0.1, -0.05) is 84.2 Å². The summed E-state index contributed by atoms with van der Waals surface area (Å²) in [5.74, 6) is 0. The molecule has 0 aliphatic heterocycles. The Morgan fingerprint density at radius 3 is 2.68 bits per heavy atom. The van der Waals surface area contributed by atoms with Crippen LogP contribution < -0.4 is 0 Å². The molecule has 0 fully saturated rings. The fraction of sp³-hybridized carbons (Fsp3) is 0.500. The topological polar surface area (TPSA) is 18.5 Å². The molecule has 0 spiro atoms. The highest BCUT2D eigenvalue weighted by molar-refractivity contribution is 8.00. The Morgan fingerprint density at radius 2 is 2.00 bits per heavy atom. The van der Waals surface area contributed by atoms with Crippen LogP contribution in [0.3, 0.4) is 0 Å². The maximum atomic E-state index is 5.88. The van der Waals surface area contributed by atoms with Crippen molar-refractivity contribution in [1.29, 1.82) is 0 Å². The number of hydrogen-bond donors (Lipinski definition) is 0. The molecule has 0 heterocycles. The molecular weight excluding hydrogens is 365 g/mol. The van der Waals surface area contributed by atoms with Gasteiger partial charge >= 0.3 is 0 Å². The summed E-state index contributed by atoms with van der Waals surface area (Å²) in [5.41, 5.74) is 2.72. The second-order valence-corrected chi connectivity index (χ2v) is 7.45. The molecule has 0 amide bonds. The Balaban J connectivity index is 2.53. The number of allylic oxidation sites excluding steroid dienone is 3. The maximum Gasteiger partial charge on any atom is 0.0868 e. The SMILES string of the molecule is CCCCC(C=CC=CCCc1ccccc1C(CC)OPP)OP. The first-order valence-corrected chi connectivity index (χ1v) is 12.3. The number of benzene rings is 1. The van der Waals surface area contributed by atoms with Crippen LogP contribution in [0.25, 0.3) is 0 Å². The van der Waals surface area contributed by atoms with Crippen LogP contribution in [0.4, 0.5) is 0 Å². The van der Waals surface area contributed by atoms with Crippen LogP contribution in [0.2, 0.25) is 0 Å². The lowest BCUT2D eigenvalue weighted by Gasteiger charge is -2.18. The zero-order chi connectivity index (χ0) is 18.3. The van der Waals surface area contributed by atoms with Gasteiger partial charge in [0.05, 0.1) is 12.2 Å². The monoisotopic (exact) mass is 398 g/mol. The normalized spacial score (nSPS) is 14.9. The van der Waals surface area contributed by atoms with E-state index in [0.29, 0.717) is 8.50 Å². The first kappa shape index (κ1) is 23.0. The van der Waals surface area contributed by atoms with E-state index >= 15 is 0 Å². The lowest BCUT2D eigenvalue weighted by atomic mass is 9.97. The summed E-state index contributed by atoms with van der Waals surface area (Å²) in [6, 6.07) is 8.65. The molecular formula is C20H33O2P3. The third kappa shape index (κ3) is 9.42. The van der Waals surface area contributed by atoms with Crippen molar-refractivity contribution in [3.63, 3.8) is 0 Å². The Kier molecular flexibility index (Phi) is 13.8. The number of unbranched alkanes of at least 4 members (excludes halogenated alkanes) is 1. The van der Waals surface area contributed by atoms with Gasteiger partial charge in [0.25, 0.3) is 0 Å². The van der Waals surface area contributed by atoms with E-state index in [4.69, 9.17) is 9.05 Å². The Morgan fingerprint density at radius 1 is 1.20 bits per heavy atom. The Bertz CT molecular complexity index is 517. The summed E-state index contributed by atoms with van der Waals surface area (Å²) >= 11 is 0. The van der Waals surface area contributed by atoms with Crippen molar-refractivity contribution in [1.82, 2.24) is 0 Å². The minimum Gasteiger partial charge on any atom is -0.358 e. The van der Waals surface area contributed by atoms with Crippen LogP contribution in [0.1, 0.15) is 63.2 Å². The molecule has 0 N–H and O–H groups in total. The summed E-state index contributed by atoms with van der Waals surface area (Å²) in [7, 11) is 5.49. The molecule has 25 heavy (non-hydrogen) atoms. The van der Waals surface area contributed by atoms with Crippen LogP contribution in [-0.4, -0.2) is 6.10 Å². The molecule has 1 aromatic carbocycles. The molecule has 0 radical (unpaired) electrons. The van der Waals surface area contributed by atoms with Crippen LogP contribution in [0.15, 0.2) is 48.6 Å². The van der Waals surface area contributed by atoms with Crippen molar-refractivity contribution in [2.45, 2.75) is 64.6 Å². The third-order valence-electron chi connectivity index (χ3n) is 4.15. The minimum absolute atomic E-state index is 0.200. The van der Waals surface area contributed by atoms with Crippen LogP contribution in [0, 0.1) is 0 Å². The van der Waals surface area contributed by atoms with Gasteiger partial charge in [0.2, 0.25) is 0 Å². The molecule has 5 heteroatoms. The van der Waals surface area contributed by atoms with Crippen LogP contribution in [0.5, 0.6) is 0 Å².